The van der Waals surface area contributed by atoms with Crippen LogP contribution in [0.4, 0.5) is 5.69 Å². The maximum absolute atomic E-state index is 12.4. The van der Waals surface area contributed by atoms with E-state index in [1.807, 2.05) is 25.1 Å². The number of carbonyl (C=O) groups is 1. The largest absolute Gasteiger partial charge is 0.493 e. The molecule has 0 radical (unpaired) electrons. The zero-order chi connectivity index (χ0) is 15.4. The molecule has 1 N–H and O–H groups in total. The molecule has 0 aromatic heterocycles. The first-order chi connectivity index (χ1) is 10.0. The Hall–Kier alpha value is -2.01. The highest BCUT2D eigenvalue weighted by Crippen LogP contribution is 2.31. The molecule has 21 heavy (non-hydrogen) atoms. The van der Waals surface area contributed by atoms with E-state index in [0.29, 0.717) is 17.1 Å². The lowest BCUT2D eigenvalue weighted by atomic mass is 10.1. The van der Waals surface area contributed by atoms with E-state index in [1.54, 1.807) is 18.2 Å². The van der Waals surface area contributed by atoms with Gasteiger partial charge in [-0.15, -0.1) is 0 Å². The van der Waals surface area contributed by atoms with Crippen molar-refractivity contribution in [2.24, 2.45) is 0 Å². The first-order valence-corrected chi connectivity index (χ1v) is 7.14. The molecular formula is C16H16BrNO3. The Bertz CT molecular complexity index is 650. The van der Waals surface area contributed by atoms with Gasteiger partial charge in [0.15, 0.2) is 11.5 Å². The van der Waals surface area contributed by atoms with Gasteiger partial charge in [0.25, 0.3) is 5.91 Å². The minimum absolute atomic E-state index is 0.247. The van der Waals surface area contributed by atoms with Crippen LogP contribution in [-0.2, 0) is 0 Å². The summed E-state index contributed by atoms with van der Waals surface area (Å²) in [4.78, 5) is 12.4. The van der Waals surface area contributed by atoms with E-state index >= 15 is 0 Å². The molecule has 1 amide bonds. The Morgan fingerprint density at radius 2 is 1.90 bits per heavy atom. The highest BCUT2D eigenvalue weighted by atomic mass is 79.9. The van der Waals surface area contributed by atoms with E-state index in [0.717, 1.165) is 15.7 Å². The number of para-hydroxylation sites is 1. The van der Waals surface area contributed by atoms with Crippen LogP contribution in [0.5, 0.6) is 11.5 Å². The topological polar surface area (TPSA) is 47.6 Å². The number of methoxy groups -OCH3 is 2. The molecular weight excluding hydrogens is 334 g/mol. The van der Waals surface area contributed by atoms with Crippen molar-refractivity contribution >= 4 is 27.5 Å². The number of nitrogens with one attached hydrogen (secondary N) is 1. The quantitative estimate of drug-likeness (QED) is 0.906. The Kier molecular flexibility index (Phi) is 4.85. The number of amides is 1. The average Bonchev–Trinajstić information content (AvgIpc) is 2.45. The van der Waals surface area contributed by atoms with Crippen LogP contribution < -0.4 is 14.8 Å². The standard InChI is InChI=1S/C16H16BrNO3/c1-10-7-11(17)9-12(8-10)18-16(19)13-5-4-6-14(20-2)15(13)21-3/h4-9H,1-3H3,(H,18,19). The fraction of sp³-hybridized carbons (Fsp3) is 0.188. The lowest BCUT2D eigenvalue weighted by Crippen LogP contribution is -2.13. The van der Waals surface area contributed by atoms with Gasteiger partial charge in [0.05, 0.1) is 19.8 Å². The highest BCUT2D eigenvalue weighted by molar-refractivity contribution is 9.10. The van der Waals surface area contributed by atoms with Crippen LogP contribution in [0.1, 0.15) is 15.9 Å². The molecule has 0 aliphatic rings. The number of anilines is 1. The van der Waals surface area contributed by atoms with Gasteiger partial charge in [-0.2, -0.15) is 0 Å². The molecule has 2 aromatic rings. The van der Waals surface area contributed by atoms with Gasteiger partial charge in [-0.05, 0) is 42.8 Å². The van der Waals surface area contributed by atoms with Crippen molar-refractivity contribution in [3.63, 3.8) is 0 Å². The number of carbonyl (C=O) groups excluding carboxylic acids is 1. The minimum Gasteiger partial charge on any atom is -0.493 e. The molecule has 0 spiro atoms. The van der Waals surface area contributed by atoms with Gasteiger partial charge in [-0.1, -0.05) is 22.0 Å². The highest BCUT2D eigenvalue weighted by Gasteiger charge is 2.16. The van der Waals surface area contributed by atoms with Crippen LogP contribution in [0.25, 0.3) is 0 Å². The lowest BCUT2D eigenvalue weighted by molar-refractivity contribution is 0.102. The summed E-state index contributed by atoms with van der Waals surface area (Å²) in [5.41, 5.74) is 2.20. The molecule has 0 aliphatic heterocycles. The Morgan fingerprint density at radius 1 is 1.14 bits per heavy atom. The summed E-state index contributed by atoms with van der Waals surface area (Å²) in [6, 6.07) is 10.9. The Morgan fingerprint density at radius 3 is 2.52 bits per heavy atom. The zero-order valence-corrected chi connectivity index (χ0v) is 13.7. The average molecular weight is 350 g/mol. The predicted molar refractivity (Wildman–Crippen MR) is 86.4 cm³/mol. The molecule has 0 unspecified atom stereocenters. The van der Waals surface area contributed by atoms with Crippen LogP contribution in [-0.4, -0.2) is 20.1 Å². The second kappa shape index (κ2) is 6.63. The normalized spacial score (nSPS) is 10.1. The molecule has 4 nitrogen and oxygen atoms in total. The lowest BCUT2D eigenvalue weighted by Gasteiger charge is -2.13. The Labute approximate surface area is 132 Å². The van der Waals surface area contributed by atoms with Crippen molar-refractivity contribution in [3.8, 4) is 11.5 Å². The van der Waals surface area contributed by atoms with Gasteiger partial charge < -0.3 is 14.8 Å². The summed E-state index contributed by atoms with van der Waals surface area (Å²) in [7, 11) is 3.05. The molecule has 0 heterocycles. The second-order valence-corrected chi connectivity index (χ2v) is 5.43. The summed E-state index contributed by atoms with van der Waals surface area (Å²) in [6.07, 6.45) is 0. The summed E-state index contributed by atoms with van der Waals surface area (Å²) in [5, 5.41) is 2.86. The number of aryl methyl sites for hydroxylation is 1. The van der Waals surface area contributed by atoms with Gasteiger partial charge in [0, 0.05) is 10.2 Å². The van der Waals surface area contributed by atoms with Crippen molar-refractivity contribution in [2.75, 3.05) is 19.5 Å². The minimum atomic E-state index is -0.247. The maximum atomic E-state index is 12.4. The van der Waals surface area contributed by atoms with Gasteiger partial charge >= 0.3 is 0 Å². The molecule has 0 saturated heterocycles. The summed E-state index contributed by atoms with van der Waals surface area (Å²) in [5.74, 6) is 0.697. The molecule has 0 atom stereocenters. The van der Waals surface area contributed by atoms with Gasteiger partial charge in [0.1, 0.15) is 0 Å². The SMILES string of the molecule is COc1cccc(C(=O)Nc2cc(C)cc(Br)c2)c1OC. The van der Waals surface area contributed by atoms with Crippen LogP contribution in [0.2, 0.25) is 0 Å². The van der Waals surface area contributed by atoms with Crippen molar-refractivity contribution in [3.05, 3.63) is 52.0 Å². The monoisotopic (exact) mass is 349 g/mol. The van der Waals surface area contributed by atoms with Gasteiger partial charge in [0.2, 0.25) is 0 Å². The third kappa shape index (κ3) is 3.55. The fourth-order valence-corrected chi connectivity index (χ4v) is 2.68. The van der Waals surface area contributed by atoms with E-state index in [2.05, 4.69) is 21.2 Å². The number of benzene rings is 2. The third-order valence-corrected chi connectivity index (χ3v) is 3.41. The number of hydrogen-bond acceptors (Lipinski definition) is 3. The maximum Gasteiger partial charge on any atom is 0.259 e. The summed E-state index contributed by atoms with van der Waals surface area (Å²) >= 11 is 3.41. The second-order valence-electron chi connectivity index (χ2n) is 4.51. The van der Waals surface area contributed by atoms with E-state index in [-0.39, 0.29) is 5.91 Å². The first-order valence-electron chi connectivity index (χ1n) is 6.34. The zero-order valence-electron chi connectivity index (χ0n) is 12.1. The number of ether oxygens (including phenoxy) is 2. The van der Waals surface area contributed by atoms with E-state index in [9.17, 15) is 4.79 Å². The van der Waals surface area contributed by atoms with Gasteiger partial charge in [-0.3, -0.25) is 4.79 Å². The number of halogens is 1. The van der Waals surface area contributed by atoms with Crippen molar-refractivity contribution in [2.45, 2.75) is 6.92 Å². The molecule has 0 bridgehead atoms. The molecule has 0 aliphatic carbocycles. The number of hydrogen-bond donors (Lipinski definition) is 1. The van der Waals surface area contributed by atoms with E-state index < -0.39 is 0 Å². The van der Waals surface area contributed by atoms with Gasteiger partial charge in [-0.25, -0.2) is 0 Å². The summed E-state index contributed by atoms with van der Waals surface area (Å²) in [6.45, 7) is 1.96. The predicted octanol–water partition coefficient (Wildman–Crippen LogP) is 4.03. The van der Waals surface area contributed by atoms with Crippen molar-refractivity contribution in [1.29, 1.82) is 0 Å². The number of rotatable bonds is 4. The first kappa shape index (κ1) is 15.4. The third-order valence-electron chi connectivity index (χ3n) is 2.95. The van der Waals surface area contributed by atoms with Crippen LogP contribution in [0, 0.1) is 6.92 Å². The van der Waals surface area contributed by atoms with Crippen molar-refractivity contribution < 1.29 is 14.3 Å². The van der Waals surface area contributed by atoms with E-state index in [4.69, 9.17) is 9.47 Å². The van der Waals surface area contributed by atoms with Crippen LogP contribution in [0.3, 0.4) is 0 Å². The van der Waals surface area contributed by atoms with Crippen molar-refractivity contribution in [1.82, 2.24) is 0 Å². The smallest absolute Gasteiger partial charge is 0.259 e. The molecule has 0 fully saturated rings. The molecule has 2 rings (SSSR count). The van der Waals surface area contributed by atoms with E-state index in [1.165, 1.54) is 14.2 Å². The fourth-order valence-electron chi connectivity index (χ4n) is 2.07. The molecule has 0 saturated carbocycles. The van der Waals surface area contributed by atoms with Crippen LogP contribution in [0.15, 0.2) is 40.9 Å². The Balaban J connectivity index is 2.32. The van der Waals surface area contributed by atoms with Crippen LogP contribution >= 0.6 is 15.9 Å². The summed E-state index contributed by atoms with van der Waals surface area (Å²) < 4.78 is 11.4. The molecule has 2 aromatic carbocycles. The molecule has 5 heteroatoms. The molecule has 110 valence electrons.